The SMILES string of the molecule is COc1ccc(-n2nnc(C(=O)Nc3ccc(Oc4ccc(C)cc4)nc3)c2C)cc1. The van der Waals surface area contributed by atoms with E-state index in [0.29, 0.717) is 23.0 Å². The summed E-state index contributed by atoms with van der Waals surface area (Å²) in [7, 11) is 1.61. The molecule has 0 bridgehead atoms. The first-order valence-corrected chi connectivity index (χ1v) is 9.62. The van der Waals surface area contributed by atoms with Crippen LogP contribution in [-0.2, 0) is 0 Å². The highest BCUT2D eigenvalue weighted by Crippen LogP contribution is 2.21. The molecule has 0 aliphatic rings. The summed E-state index contributed by atoms with van der Waals surface area (Å²) in [5, 5.41) is 10.9. The molecule has 2 heterocycles. The van der Waals surface area contributed by atoms with Crippen molar-refractivity contribution in [2.24, 2.45) is 0 Å². The predicted octanol–water partition coefficient (Wildman–Crippen LogP) is 4.33. The number of carbonyl (C=O) groups excluding carboxylic acids is 1. The van der Waals surface area contributed by atoms with E-state index in [9.17, 15) is 4.79 Å². The Morgan fingerprint density at radius 1 is 0.935 bits per heavy atom. The average molecular weight is 415 g/mol. The van der Waals surface area contributed by atoms with Gasteiger partial charge in [0.1, 0.15) is 11.5 Å². The van der Waals surface area contributed by atoms with Crippen LogP contribution < -0.4 is 14.8 Å². The molecule has 31 heavy (non-hydrogen) atoms. The number of benzene rings is 2. The fourth-order valence-electron chi connectivity index (χ4n) is 2.94. The number of ether oxygens (including phenoxy) is 2. The maximum Gasteiger partial charge on any atom is 0.278 e. The molecule has 0 unspecified atom stereocenters. The van der Waals surface area contributed by atoms with Crippen LogP contribution in [0, 0.1) is 13.8 Å². The van der Waals surface area contributed by atoms with Crippen LogP contribution in [0.2, 0.25) is 0 Å². The summed E-state index contributed by atoms with van der Waals surface area (Å²) in [6, 6.07) is 18.4. The van der Waals surface area contributed by atoms with Crippen LogP contribution in [0.3, 0.4) is 0 Å². The first-order valence-electron chi connectivity index (χ1n) is 9.62. The summed E-state index contributed by atoms with van der Waals surface area (Å²) in [5.74, 6) is 1.50. The lowest BCUT2D eigenvalue weighted by atomic mass is 10.2. The van der Waals surface area contributed by atoms with Gasteiger partial charge in [0.25, 0.3) is 5.91 Å². The Labute approximate surface area is 179 Å². The highest BCUT2D eigenvalue weighted by molar-refractivity contribution is 6.03. The van der Waals surface area contributed by atoms with Gasteiger partial charge >= 0.3 is 0 Å². The number of hydrogen-bond acceptors (Lipinski definition) is 6. The van der Waals surface area contributed by atoms with Gasteiger partial charge in [-0.3, -0.25) is 4.79 Å². The Bertz CT molecular complexity index is 1180. The molecule has 8 heteroatoms. The van der Waals surface area contributed by atoms with E-state index in [1.54, 1.807) is 30.8 Å². The third kappa shape index (κ3) is 4.53. The zero-order valence-electron chi connectivity index (χ0n) is 17.4. The first kappa shape index (κ1) is 20.1. The van der Waals surface area contributed by atoms with Crippen molar-refractivity contribution in [3.63, 3.8) is 0 Å². The van der Waals surface area contributed by atoms with E-state index in [4.69, 9.17) is 9.47 Å². The van der Waals surface area contributed by atoms with Crippen molar-refractivity contribution in [3.8, 4) is 23.1 Å². The van der Waals surface area contributed by atoms with E-state index in [0.717, 1.165) is 17.0 Å². The summed E-state index contributed by atoms with van der Waals surface area (Å²) < 4.78 is 12.5. The smallest absolute Gasteiger partial charge is 0.278 e. The molecular weight excluding hydrogens is 394 g/mol. The Balaban J connectivity index is 1.44. The number of nitrogens with zero attached hydrogens (tertiary/aromatic N) is 4. The van der Waals surface area contributed by atoms with Crippen LogP contribution in [0.1, 0.15) is 21.7 Å². The molecule has 0 aliphatic heterocycles. The quantitative estimate of drug-likeness (QED) is 0.504. The van der Waals surface area contributed by atoms with E-state index < -0.39 is 0 Å². The van der Waals surface area contributed by atoms with E-state index in [-0.39, 0.29) is 11.6 Å². The van der Waals surface area contributed by atoms with Crippen LogP contribution in [0.5, 0.6) is 17.4 Å². The van der Waals surface area contributed by atoms with Crippen molar-refractivity contribution in [1.29, 1.82) is 0 Å². The molecule has 4 rings (SSSR count). The Morgan fingerprint density at radius 3 is 2.29 bits per heavy atom. The molecule has 1 amide bonds. The second kappa shape index (κ2) is 8.66. The van der Waals surface area contributed by atoms with Crippen molar-refractivity contribution < 1.29 is 14.3 Å². The largest absolute Gasteiger partial charge is 0.497 e. The molecule has 2 aromatic carbocycles. The van der Waals surface area contributed by atoms with Crippen LogP contribution in [0.4, 0.5) is 5.69 Å². The van der Waals surface area contributed by atoms with E-state index >= 15 is 0 Å². The molecule has 1 N–H and O–H groups in total. The van der Waals surface area contributed by atoms with Crippen molar-refractivity contribution in [1.82, 2.24) is 20.0 Å². The molecule has 4 aromatic rings. The van der Waals surface area contributed by atoms with Crippen molar-refractivity contribution in [2.45, 2.75) is 13.8 Å². The fourth-order valence-corrected chi connectivity index (χ4v) is 2.94. The van der Waals surface area contributed by atoms with Gasteiger partial charge in [0.2, 0.25) is 5.88 Å². The third-order valence-electron chi connectivity index (χ3n) is 4.66. The minimum atomic E-state index is -0.369. The summed E-state index contributed by atoms with van der Waals surface area (Å²) in [6.07, 6.45) is 1.53. The summed E-state index contributed by atoms with van der Waals surface area (Å²) in [4.78, 5) is 16.9. The highest BCUT2D eigenvalue weighted by Gasteiger charge is 2.18. The minimum Gasteiger partial charge on any atom is -0.497 e. The van der Waals surface area contributed by atoms with Crippen LogP contribution >= 0.6 is 0 Å². The number of anilines is 1. The number of hydrogen-bond donors (Lipinski definition) is 1. The molecule has 8 nitrogen and oxygen atoms in total. The summed E-state index contributed by atoms with van der Waals surface area (Å²) in [5.41, 5.74) is 3.31. The zero-order chi connectivity index (χ0) is 21.8. The predicted molar refractivity (Wildman–Crippen MR) is 116 cm³/mol. The lowest BCUT2D eigenvalue weighted by Crippen LogP contribution is -2.14. The second-order valence-electron chi connectivity index (χ2n) is 6.89. The molecule has 0 atom stereocenters. The van der Waals surface area contributed by atoms with Gasteiger partial charge < -0.3 is 14.8 Å². The lowest BCUT2D eigenvalue weighted by Gasteiger charge is -2.07. The zero-order valence-corrected chi connectivity index (χ0v) is 17.4. The summed E-state index contributed by atoms with van der Waals surface area (Å²) >= 11 is 0. The first-order chi connectivity index (χ1) is 15.0. The van der Waals surface area contributed by atoms with Gasteiger partial charge in [-0.2, -0.15) is 0 Å². The number of methoxy groups -OCH3 is 1. The van der Waals surface area contributed by atoms with E-state index in [2.05, 4.69) is 20.6 Å². The second-order valence-corrected chi connectivity index (χ2v) is 6.89. The fraction of sp³-hybridized carbons (Fsp3) is 0.130. The molecule has 2 aromatic heterocycles. The van der Waals surface area contributed by atoms with Gasteiger partial charge in [-0.05, 0) is 56.3 Å². The molecular formula is C23H21N5O3. The number of carbonyl (C=O) groups is 1. The average Bonchev–Trinajstić information content (AvgIpc) is 3.18. The highest BCUT2D eigenvalue weighted by atomic mass is 16.5. The Hall–Kier alpha value is -4.20. The van der Waals surface area contributed by atoms with Gasteiger partial charge in [0.15, 0.2) is 5.69 Å². The van der Waals surface area contributed by atoms with Crippen molar-refractivity contribution in [2.75, 3.05) is 12.4 Å². The monoisotopic (exact) mass is 415 g/mol. The van der Waals surface area contributed by atoms with Gasteiger partial charge in [0, 0.05) is 6.07 Å². The maximum atomic E-state index is 12.7. The molecule has 0 fully saturated rings. The van der Waals surface area contributed by atoms with E-state index in [1.165, 1.54) is 6.20 Å². The van der Waals surface area contributed by atoms with Gasteiger partial charge in [-0.25, -0.2) is 9.67 Å². The minimum absolute atomic E-state index is 0.232. The van der Waals surface area contributed by atoms with Gasteiger partial charge in [-0.1, -0.05) is 22.9 Å². The van der Waals surface area contributed by atoms with Crippen LogP contribution in [0.15, 0.2) is 66.9 Å². The number of aryl methyl sites for hydroxylation is 1. The number of nitrogens with one attached hydrogen (secondary N) is 1. The number of amides is 1. The number of aromatic nitrogens is 4. The van der Waals surface area contributed by atoms with Gasteiger partial charge in [-0.15, -0.1) is 5.10 Å². The topological polar surface area (TPSA) is 91.2 Å². The molecule has 0 spiro atoms. The Morgan fingerprint density at radius 2 is 1.65 bits per heavy atom. The lowest BCUT2D eigenvalue weighted by molar-refractivity contribution is 0.102. The molecule has 156 valence electrons. The van der Waals surface area contributed by atoms with Crippen LogP contribution in [-0.4, -0.2) is 33.0 Å². The standard InChI is InChI=1S/C23H21N5O3/c1-15-4-9-20(10-5-15)31-21-13-6-17(14-24-21)25-23(29)22-16(2)28(27-26-22)18-7-11-19(30-3)12-8-18/h4-14H,1-3H3,(H,25,29). The molecule has 0 aliphatic carbocycles. The summed E-state index contributed by atoms with van der Waals surface area (Å²) in [6.45, 7) is 3.80. The van der Waals surface area contributed by atoms with Crippen molar-refractivity contribution >= 4 is 11.6 Å². The molecule has 0 saturated heterocycles. The normalized spacial score (nSPS) is 10.5. The molecule has 0 radical (unpaired) electrons. The van der Waals surface area contributed by atoms with Gasteiger partial charge in [0.05, 0.1) is 30.4 Å². The number of rotatable bonds is 6. The Kier molecular flexibility index (Phi) is 5.61. The van der Waals surface area contributed by atoms with Crippen LogP contribution in [0.25, 0.3) is 5.69 Å². The van der Waals surface area contributed by atoms with Crippen molar-refractivity contribution in [3.05, 3.63) is 83.8 Å². The number of pyridine rings is 1. The third-order valence-corrected chi connectivity index (χ3v) is 4.66. The molecule has 0 saturated carbocycles. The van der Waals surface area contributed by atoms with E-state index in [1.807, 2.05) is 55.5 Å². The maximum absolute atomic E-state index is 12.7.